The number of fused-ring (bicyclic) bond motifs is 1. The summed E-state index contributed by atoms with van der Waals surface area (Å²) in [5.41, 5.74) is 0.518. The van der Waals surface area contributed by atoms with Crippen molar-refractivity contribution in [2.24, 2.45) is 4.99 Å². The van der Waals surface area contributed by atoms with Crippen LogP contribution < -0.4 is 15.4 Å². The zero-order valence-electron chi connectivity index (χ0n) is 16.6. The van der Waals surface area contributed by atoms with Crippen molar-refractivity contribution in [1.29, 1.82) is 0 Å². The molecule has 29 heavy (non-hydrogen) atoms. The highest BCUT2D eigenvalue weighted by Crippen LogP contribution is 2.24. The van der Waals surface area contributed by atoms with Crippen molar-refractivity contribution in [3.8, 4) is 5.75 Å². The maximum Gasteiger partial charge on any atom is 0.387 e. The number of rotatable bonds is 6. The maximum atomic E-state index is 12.6. The number of nitrogens with zero attached hydrogens (tertiary/aromatic N) is 4. The standard InChI is InChI=1S/C19H25ClF2N6O/c1-11(2)17-26-16-7-5-14(10-28(16)27-17)25-19(23-3)24-9-12-8-13(20)4-6-15(12)29-18(21)22/h4,6,8,11,14,18H,5,7,9-10H2,1-3H3,(H2,23,24,25). The van der Waals surface area contributed by atoms with Crippen molar-refractivity contribution in [1.82, 2.24) is 25.4 Å². The van der Waals surface area contributed by atoms with Crippen LogP contribution >= 0.6 is 11.6 Å². The second-order valence-electron chi connectivity index (χ2n) is 7.16. The average Bonchev–Trinajstić information content (AvgIpc) is 3.10. The van der Waals surface area contributed by atoms with Gasteiger partial charge in [-0.25, -0.2) is 9.67 Å². The molecule has 3 rings (SSSR count). The summed E-state index contributed by atoms with van der Waals surface area (Å²) in [5.74, 6) is 2.79. The number of aliphatic imine (C=N–C) groups is 1. The maximum absolute atomic E-state index is 12.6. The molecule has 0 spiro atoms. The van der Waals surface area contributed by atoms with E-state index in [2.05, 4.69) is 44.3 Å². The fourth-order valence-electron chi connectivity index (χ4n) is 3.15. The smallest absolute Gasteiger partial charge is 0.387 e. The number of ether oxygens (including phenoxy) is 1. The number of guanidine groups is 1. The quantitative estimate of drug-likeness (QED) is 0.547. The van der Waals surface area contributed by atoms with Crippen LogP contribution in [-0.4, -0.2) is 40.4 Å². The summed E-state index contributed by atoms with van der Waals surface area (Å²) in [6, 6.07) is 4.67. The van der Waals surface area contributed by atoms with Gasteiger partial charge in [-0.15, -0.1) is 0 Å². The van der Waals surface area contributed by atoms with E-state index in [1.54, 1.807) is 13.1 Å². The van der Waals surface area contributed by atoms with Gasteiger partial charge in [-0.1, -0.05) is 25.4 Å². The molecule has 1 atom stereocenters. The fourth-order valence-corrected chi connectivity index (χ4v) is 3.35. The highest BCUT2D eigenvalue weighted by atomic mass is 35.5. The van der Waals surface area contributed by atoms with Gasteiger partial charge in [-0.05, 0) is 24.6 Å². The van der Waals surface area contributed by atoms with Gasteiger partial charge in [0.1, 0.15) is 11.6 Å². The topological polar surface area (TPSA) is 76.4 Å². The Kier molecular flexibility index (Phi) is 6.89. The van der Waals surface area contributed by atoms with E-state index >= 15 is 0 Å². The molecule has 0 saturated heterocycles. The molecule has 158 valence electrons. The first-order valence-electron chi connectivity index (χ1n) is 9.49. The molecule has 2 N–H and O–H groups in total. The molecule has 0 bridgehead atoms. The van der Waals surface area contributed by atoms with Gasteiger partial charge in [-0.2, -0.15) is 13.9 Å². The first kappa shape index (κ1) is 21.3. The highest BCUT2D eigenvalue weighted by Gasteiger charge is 2.23. The van der Waals surface area contributed by atoms with Crippen LogP contribution in [0.1, 0.15) is 43.4 Å². The molecular formula is C19H25ClF2N6O. The molecule has 0 aliphatic carbocycles. The van der Waals surface area contributed by atoms with E-state index in [9.17, 15) is 8.78 Å². The summed E-state index contributed by atoms with van der Waals surface area (Å²) >= 11 is 6.00. The van der Waals surface area contributed by atoms with Crippen LogP contribution in [-0.2, 0) is 19.5 Å². The van der Waals surface area contributed by atoms with Crippen molar-refractivity contribution in [2.45, 2.75) is 58.3 Å². The SMILES string of the molecule is CN=C(NCc1cc(Cl)ccc1OC(F)F)NC1CCc2nc(C(C)C)nn2C1. The predicted molar refractivity (Wildman–Crippen MR) is 108 cm³/mol. The Morgan fingerprint density at radius 3 is 2.90 bits per heavy atom. The number of alkyl halides is 2. The van der Waals surface area contributed by atoms with Crippen LogP contribution in [0.25, 0.3) is 0 Å². The number of aryl methyl sites for hydroxylation is 1. The zero-order valence-corrected chi connectivity index (χ0v) is 17.4. The largest absolute Gasteiger partial charge is 0.434 e. The number of halogens is 3. The van der Waals surface area contributed by atoms with E-state index < -0.39 is 6.61 Å². The lowest BCUT2D eigenvalue weighted by atomic mass is 10.1. The second-order valence-corrected chi connectivity index (χ2v) is 7.60. The third-order valence-corrected chi connectivity index (χ3v) is 4.88. The molecule has 1 aliphatic heterocycles. The molecule has 1 aromatic heterocycles. The Labute approximate surface area is 173 Å². The van der Waals surface area contributed by atoms with E-state index in [1.807, 2.05) is 4.68 Å². The Hall–Kier alpha value is -2.42. The molecule has 10 heteroatoms. The van der Waals surface area contributed by atoms with E-state index in [0.717, 1.165) is 24.5 Å². The van der Waals surface area contributed by atoms with Crippen LogP contribution in [0.5, 0.6) is 5.75 Å². The summed E-state index contributed by atoms with van der Waals surface area (Å²) in [5, 5.41) is 11.5. The number of benzene rings is 1. The molecule has 1 aliphatic rings. The van der Waals surface area contributed by atoms with Gasteiger partial charge < -0.3 is 15.4 Å². The lowest BCUT2D eigenvalue weighted by Crippen LogP contribution is -2.46. The normalized spacial score (nSPS) is 16.8. The Balaban J connectivity index is 1.61. The van der Waals surface area contributed by atoms with Crippen LogP contribution in [0.15, 0.2) is 23.2 Å². The minimum absolute atomic E-state index is 0.0819. The number of hydrogen-bond donors (Lipinski definition) is 2. The molecule has 2 heterocycles. The molecule has 1 aromatic carbocycles. The first-order valence-corrected chi connectivity index (χ1v) is 9.87. The van der Waals surface area contributed by atoms with E-state index in [0.29, 0.717) is 23.1 Å². The minimum atomic E-state index is -2.90. The molecule has 0 fully saturated rings. The lowest BCUT2D eigenvalue weighted by molar-refractivity contribution is -0.0504. The summed E-state index contributed by atoms with van der Waals surface area (Å²) < 4.78 is 31.8. The Bertz CT molecular complexity index is 870. The van der Waals surface area contributed by atoms with E-state index in [4.69, 9.17) is 11.6 Å². The minimum Gasteiger partial charge on any atom is -0.434 e. The Morgan fingerprint density at radius 1 is 1.41 bits per heavy atom. The van der Waals surface area contributed by atoms with Crippen LogP contribution in [0, 0.1) is 0 Å². The summed E-state index contributed by atoms with van der Waals surface area (Å²) in [6.07, 6.45) is 1.73. The van der Waals surface area contributed by atoms with Gasteiger partial charge in [-0.3, -0.25) is 4.99 Å². The van der Waals surface area contributed by atoms with Gasteiger partial charge in [0.15, 0.2) is 11.8 Å². The van der Waals surface area contributed by atoms with Crippen molar-refractivity contribution in [3.63, 3.8) is 0 Å². The number of nitrogens with one attached hydrogen (secondary N) is 2. The summed E-state index contributed by atoms with van der Waals surface area (Å²) in [6.45, 7) is 2.17. The molecule has 2 aromatic rings. The fraction of sp³-hybridized carbons (Fsp3) is 0.526. The summed E-state index contributed by atoms with van der Waals surface area (Å²) in [4.78, 5) is 8.82. The monoisotopic (exact) mass is 426 g/mol. The third-order valence-electron chi connectivity index (χ3n) is 4.64. The van der Waals surface area contributed by atoms with Gasteiger partial charge in [0, 0.05) is 42.6 Å². The lowest BCUT2D eigenvalue weighted by Gasteiger charge is -2.25. The van der Waals surface area contributed by atoms with Gasteiger partial charge in [0.2, 0.25) is 0 Å². The van der Waals surface area contributed by atoms with Crippen LogP contribution in [0.2, 0.25) is 5.02 Å². The van der Waals surface area contributed by atoms with Gasteiger partial charge in [0.05, 0.1) is 6.54 Å². The molecule has 1 unspecified atom stereocenters. The summed E-state index contributed by atoms with van der Waals surface area (Å²) in [7, 11) is 1.66. The van der Waals surface area contributed by atoms with Crippen molar-refractivity contribution >= 4 is 17.6 Å². The highest BCUT2D eigenvalue weighted by molar-refractivity contribution is 6.30. The van der Waals surface area contributed by atoms with Gasteiger partial charge in [0.25, 0.3) is 0 Å². The zero-order chi connectivity index (χ0) is 21.0. The molecular weight excluding hydrogens is 402 g/mol. The van der Waals surface area contributed by atoms with E-state index in [1.165, 1.54) is 12.1 Å². The number of aromatic nitrogens is 3. The molecule has 0 radical (unpaired) electrons. The molecule has 0 saturated carbocycles. The average molecular weight is 427 g/mol. The Morgan fingerprint density at radius 2 is 2.21 bits per heavy atom. The predicted octanol–water partition coefficient (Wildman–Crippen LogP) is 3.34. The second kappa shape index (κ2) is 9.39. The van der Waals surface area contributed by atoms with E-state index in [-0.39, 0.29) is 24.3 Å². The first-order chi connectivity index (χ1) is 13.9. The third kappa shape index (κ3) is 5.56. The molecule has 0 amide bonds. The van der Waals surface area contributed by atoms with Crippen molar-refractivity contribution in [2.75, 3.05) is 7.05 Å². The van der Waals surface area contributed by atoms with Crippen molar-refractivity contribution in [3.05, 3.63) is 40.4 Å². The number of hydrogen-bond acceptors (Lipinski definition) is 4. The van der Waals surface area contributed by atoms with Crippen molar-refractivity contribution < 1.29 is 13.5 Å². The van der Waals surface area contributed by atoms with Gasteiger partial charge >= 0.3 is 6.61 Å². The van der Waals surface area contributed by atoms with Crippen LogP contribution in [0.3, 0.4) is 0 Å². The molecule has 7 nitrogen and oxygen atoms in total. The van der Waals surface area contributed by atoms with Crippen LogP contribution in [0.4, 0.5) is 8.78 Å².